The van der Waals surface area contributed by atoms with Gasteiger partial charge in [-0.1, -0.05) is 13.3 Å². The molecule has 0 aromatic carbocycles. The minimum atomic E-state index is -1.00. The number of esters is 1. The lowest BCUT2D eigenvalue weighted by Crippen LogP contribution is -2.27. The van der Waals surface area contributed by atoms with Crippen molar-refractivity contribution in [2.24, 2.45) is 5.73 Å². The van der Waals surface area contributed by atoms with E-state index < -0.39 is 18.0 Å². The zero-order valence-corrected chi connectivity index (χ0v) is 8.36. The predicted molar refractivity (Wildman–Crippen MR) is 50.7 cm³/mol. The van der Waals surface area contributed by atoms with Crippen LogP contribution in [-0.2, 0) is 14.3 Å². The molecule has 0 saturated heterocycles. The highest BCUT2D eigenvalue weighted by atomic mass is 16.5. The van der Waals surface area contributed by atoms with Crippen molar-refractivity contribution < 1.29 is 19.4 Å². The molecule has 0 aliphatic rings. The lowest BCUT2D eigenvalue weighted by Gasteiger charge is -2.08. The van der Waals surface area contributed by atoms with Crippen LogP contribution in [0.3, 0.4) is 0 Å². The Balaban J connectivity index is 3.55. The highest BCUT2D eigenvalue weighted by Gasteiger charge is 2.13. The van der Waals surface area contributed by atoms with E-state index in [9.17, 15) is 9.59 Å². The molecule has 0 rings (SSSR count). The van der Waals surface area contributed by atoms with E-state index in [1.807, 2.05) is 6.92 Å². The van der Waals surface area contributed by atoms with Gasteiger partial charge in [0.05, 0.1) is 19.4 Å². The van der Waals surface area contributed by atoms with Crippen LogP contribution in [0.25, 0.3) is 0 Å². The van der Waals surface area contributed by atoms with Crippen molar-refractivity contribution >= 4 is 11.9 Å². The molecule has 0 amide bonds. The van der Waals surface area contributed by atoms with E-state index in [0.29, 0.717) is 6.61 Å². The average molecular weight is 203 g/mol. The monoisotopic (exact) mass is 203 g/mol. The number of carbonyl (C=O) groups is 2. The Morgan fingerprint density at radius 2 is 2.07 bits per heavy atom. The molecule has 0 aliphatic heterocycles. The second kappa shape index (κ2) is 7.32. The number of hydrogen-bond donors (Lipinski definition) is 2. The number of carbonyl (C=O) groups excluding carboxylic acids is 1. The van der Waals surface area contributed by atoms with Crippen molar-refractivity contribution in [3.63, 3.8) is 0 Å². The van der Waals surface area contributed by atoms with Crippen molar-refractivity contribution in [2.75, 3.05) is 6.61 Å². The molecule has 14 heavy (non-hydrogen) atoms. The molecule has 0 fully saturated rings. The number of aliphatic carboxylic acids is 1. The summed E-state index contributed by atoms with van der Waals surface area (Å²) < 4.78 is 4.82. The number of ether oxygens (including phenoxy) is 1. The fourth-order valence-electron chi connectivity index (χ4n) is 0.900. The fourth-order valence-corrected chi connectivity index (χ4v) is 0.900. The molecule has 3 N–H and O–H groups in total. The molecule has 5 nitrogen and oxygen atoms in total. The number of hydrogen-bond acceptors (Lipinski definition) is 4. The molecule has 1 atom stereocenters. The van der Waals surface area contributed by atoms with Gasteiger partial charge in [-0.2, -0.15) is 0 Å². The summed E-state index contributed by atoms with van der Waals surface area (Å²) in [5.74, 6) is -1.42. The van der Waals surface area contributed by atoms with Crippen LogP contribution in [0.2, 0.25) is 0 Å². The molecule has 0 saturated carbocycles. The van der Waals surface area contributed by atoms with Gasteiger partial charge in [0.15, 0.2) is 0 Å². The van der Waals surface area contributed by atoms with E-state index >= 15 is 0 Å². The lowest BCUT2D eigenvalue weighted by atomic mass is 10.1. The Morgan fingerprint density at radius 3 is 2.57 bits per heavy atom. The second-order valence-electron chi connectivity index (χ2n) is 3.14. The number of rotatable bonds is 7. The fraction of sp³-hybridized carbons (Fsp3) is 0.778. The van der Waals surface area contributed by atoms with Crippen LogP contribution in [0.5, 0.6) is 0 Å². The first kappa shape index (κ1) is 12.9. The van der Waals surface area contributed by atoms with Crippen LogP contribution >= 0.6 is 0 Å². The molecular weight excluding hydrogens is 186 g/mol. The zero-order valence-electron chi connectivity index (χ0n) is 8.36. The molecular formula is C9H17NO4. The Labute approximate surface area is 83.2 Å². The van der Waals surface area contributed by atoms with Gasteiger partial charge in [-0.3, -0.25) is 9.59 Å². The van der Waals surface area contributed by atoms with E-state index in [2.05, 4.69) is 0 Å². The molecule has 0 aromatic heterocycles. The van der Waals surface area contributed by atoms with Crippen molar-refractivity contribution in [3.05, 3.63) is 0 Å². The first-order chi connectivity index (χ1) is 6.56. The maximum absolute atomic E-state index is 11.0. The Hall–Kier alpha value is -1.10. The summed E-state index contributed by atoms with van der Waals surface area (Å²) in [6.07, 6.45) is 1.53. The van der Waals surface area contributed by atoms with E-state index in [1.165, 1.54) is 0 Å². The van der Waals surface area contributed by atoms with Crippen LogP contribution in [0.1, 0.15) is 32.6 Å². The van der Waals surface area contributed by atoms with Gasteiger partial charge in [0.25, 0.3) is 0 Å². The third kappa shape index (κ3) is 7.54. The van der Waals surface area contributed by atoms with Crippen LogP contribution in [0.15, 0.2) is 0 Å². The van der Waals surface area contributed by atoms with E-state index in [0.717, 1.165) is 12.8 Å². The Kier molecular flexibility index (Phi) is 6.74. The Morgan fingerprint density at radius 1 is 1.43 bits per heavy atom. The molecule has 0 spiro atoms. The molecule has 82 valence electrons. The Bertz CT molecular complexity index is 193. The van der Waals surface area contributed by atoms with Crippen LogP contribution in [0.4, 0.5) is 0 Å². The number of carboxylic acid groups (broad SMARTS) is 1. The highest BCUT2D eigenvalue weighted by Crippen LogP contribution is 1.98. The quantitative estimate of drug-likeness (QED) is 0.465. The second-order valence-corrected chi connectivity index (χ2v) is 3.14. The van der Waals surface area contributed by atoms with Gasteiger partial charge < -0.3 is 15.6 Å². The largest absolute Gasteiger partial charge is 0.481 e. The smallest absolute Gasteiger partial charge is 0.307 e. The minimum Gasteiger partial charge on any atom is -0.481 e. The van der Waals surface area contributed by atoms with Gasteiger partial charge in [0.1, 0.15) is 0 Å². The van der Waals surface area contributed by atoms with Gasteiger partial charge in [-0.15, -0.1) is 0 Å². The van der Waals surface area contributed by atoms with E-state index in [1.54, 1.807) is 0 Å². The molecule has 0 aliphatic carbocycles. The molecule has 0 aromatic rings. The predicted octanol–water partition coefficient (Wildman–Crippen LogP) is 0.522. The standard InChI is InChI=1S/C9H17NO4/c1-2-3-4-14-9(13)6-7(10)5-8(11)12/h7H,2-6,10H2,1H3,(H,11,12). The van der Waals surface area contributed by atoms with E-state index in [-0.39, 0.29) is 12.8 Å². The minimum absolute atomic E-state index is 0.0317. The number of unbranched alkanes of at least 4 members (excludes halogenated alkanes) is 1. The summed E-state index contributed by atoms with van der Waals surface area (Å²) in [5.41, 5.74) is 5.40. The maximum atomic E-state index is 11.0. The normalized spacial score (nSPS) is 12.1. The van der Waals surface area contributed by atoms with Gasteiger partial charge in [-0.05, 0) is 6.42 Å². The summed E-state index contributed by atoms with van der Waals surface area (Å²) in [6.45, 7) is 2.37. The van der Waals surface area contributed by atoms with E-state index in [4.69, 9.17) is 15.6 Å². The van der Waals surface area contributed by atoms with Crippen molar-refractivity contribution in [1.82, 2.24) is 0 Å². The molecule has 0 radical (unpaired) electrons. The summed E-state index contributed by atoms with van der Waals surface area (Å²) in [6, 6.07) is -0.651. The molecule has 0 bridgehead atoms. The summed E-state index contributed by atoms with van der Waals surface area (Å²) >= 11 is 0. The first-order valence-corrected chi connectivity index (χ1v) is 4.69. The van der Waals surface area contributed by atoms with Gasteiger partial charge >= 0.3 is 11.9 Å². The first-order valence-electron chi connectivity index (χ1n) is 4.69. The molecule has 0 heterocycles. The SMILES string of the molecule is CCCCOC(=O)CC(N)CC(=O)O. The van der Waals surface area contributed by atoms with Crippen molar-refractivity contribution in [2.45, 2.75) is 38.6 Å². The van der Waals surface area contributed by atoms with Crippen LogP contribution in [0, 0.1) is 0 Å². The maximum Gasteiger partial charge on any atom is 0.307 e. The third-order valence-corrected chi connectivity index (χ3v) is 1.63. The average Bonchev–Trinajstić information content (AvgIpc) is 2.02. The van der Waals surface area contributed by atoms with Crippen LogP contribution < -0.4 is 5.73 Å². The number of carboxylic acids is 1. The van der Waals surface area contributed by atoms with Gasteiger partial charge in [0, 0.05) is 6.04 Å². The van der Waals surface area contributed by atoms with Gasteiger partial charge in [-0.25, -0.2) is 0 Å². The summed E-state index contributed by atoms with van der Waals surface area (Å²) in [5, 5.41) is 8.38. The van der Waals surface area contributed by atoms with Crippen molar-refractivity contribution in [3.8, 4) is 0 Å². The topological polar surface area (TPSA) is 89.6 Å². The molecule has 1 unspecified atom stereocenters. The van der Waals surface area contributed by atoms with Crippen molar-refractivity contribution in [1.29, 1.82) is 0 Å². The lowest BCUT2D eigenvalue weighted by molar-refractivity contribution is -0.144. The summed E-state index contributed by atoms with van der Waals surface area (Å²) in [4.78, 5) is 21.2. The zero-order chi connectivity index (χ0) is 11.0. The summed E-state index contributed by atoms with van der Waals surface area (Å²) in [7, 11) is 0. The van der Waals surface area contributed by atoms with Crippen LogP contribution in [-0.4, -0.2) is 29.7 Å². The third-order valence-electron chi connectivity index (χ3n) is 1.63. The highest BCUT2D eigenvalue weighted by molar-refractivity contribution is 5.72. The molecule has 5 heteroatoms. The number of nitrogens with two attached hydrogens (primary N) is 1. The van der Waals surface area contributed by atoms with Gasteiger partial charge in [0.2, 0.25) is 0 Å².